The average molecular weight is 364 g/mol. The number of benzene rings is 1. The third-order valence-electron chi connectivity index (χ3n) is 2.41. The molecule has 1 aromatic carbocycles. The molecule has 0 saturated carbocycles. The van der Waals surface area contributed by atoms with E-state index in [-0.39, 0.29) is 6.04 Å². The minimum atomic E-state index is 0.181. The van der Waals surface area contributed by atoms with E-state index < -0.39 is 0 Å². The van der Waals surface area contributed by atoms with Crippen LogP contribution in [0.5, 0.6) is 0 Å². The van der Waals surface area contributed by atoms with Gasteiger partial charge in [0, 0.05) is 8.45 Å². The molecule has 2 rings (SSSR count). The van der Waals surface area contributed by atoms with E-state index in [0.29, 0.717) is 0 Å². The normalized spacial score (nSPS) is 12.7. The van der Waals surface area contributed by atoms with Crippen LogP contribution in [0.25, 0.3) is 0 Å². The van der Waals surface area contributed by atoms with Crippen molar-refractivity contribution >= 4 is 45.5 Å². The van der Waals surface area contributed by atoms with Gasteiger partial charge < -0.3 is 5.32 Å². The molecule has 0 bridgehead atoms. The molecule has 1 nitrogen and oxygen atoms in total. The second-order valence-corrected chi connectivity index (χ2v) is 5.89. The summed E-state index contributed by atoms with van der Waals surface area (Å²) in [6.07, 6.45) is 0. The number of nitrogens with one attached hydrogen (secondary N) is 1. The largest absolute Gasteiger partial charge is 0.309 e. The van der Waals surface area contributed by atoms with Crippen LogP contribution in [0.1, 0.15) is 16.5 Å². The fourth-order valence-electron chi connectivity index (χ4n) is 1.65. The fourth-order valence-corrected chi connectivity index (χ4v) is 3.64. The third kappa shape index (κ3) is 2.42. The van der Waals surface area contributed by atoms with E-state index in [9.17, 15) is 0 Å². The van der Waals surface area contributed by atoms with Crippen LogP contribution in [0, 0.1) is 3.57 Å². The molecule has 2 aromatic rings. The predicted octanol–water partition coefficient (Wildman–Crippen LogP) is 4.31. The number of rotatable bonds is 3. The van der Waals surface area contributed by atoms with Gasteiger partial charge in [0.1, 0.15) is 0 Å². The first-order chi connectivity index (χ1) is 7.74. The number of hydrogen-bond acceptors (Lipinski definition) is 2. The highest BCUT2D eigenvalue weighted by Crippen LogP contribution is 2.34. The second kappa shape index (κ2) is 5.49. The van der Waals surface area contributed by atoms with Crippen molar-refractivity contribution in [1.82, 2.24) is 5.32 Å². The van der Waals surface area contributed by atoms with Crippen molar-refractivity contribution in [2.45, 2.75) is 6.04 Å². The van der Waals surface area contributed by atoms with E-state index in [0.717, 1.165) is 5.02 Å². The van der Waals surface area contributed by atoms with E-state index in [1.165, 1.54) is 14.0 Å². The van der Waals surface area contributed by atoms with Gasteiger partial charge in [0.25, 0.3) is 0 Å². The fraction of sp³-hybridized carbons (Fsp3) is 0.167. The summed E-state index contributed by atoms with van der Waals surface area (Å²) in [5.41, 5.74) is 1.27. The van der Waals surface area contributed by atoms with Crippen molar-refractivity contribution in [3.63, 3.8) is 0 Å². The van der Waals surface area contributed by atoms with Crippen LogP contribution in [-0.4, -0.2) is 7.05 Å². The molecule has 0 radical (unpaired) electrons. The standard InChI is InChI=1S/C12H11ClINS/c1-15-11(12-9(13)6-7-16-12)8-4-2-3-5-10(8)14/h2-7,11,15H,1H3. The van der Waals surface area contributed by atoms with Gasteiger partial charge in [0.05, 0.1) is 11.1 Å². The first-order valence-corrected chi connectivity index (χ1v) is 7.22. The zero-order chi connectivity index (χ0) is 11.5. The lowest BCUT2D eigenvalue weighted by atomic mass is 10.1. The highest BCUT2D eigenvalue weighted by Gasteiger charge is 2.18. The Morgan fingerprint density at radius 3 is 2.62 bits per heavy atom. The van der Waals surface area contributed by atoms with Crippen LogP contribution in [0.3, 0.4) is 0 Å². The Kier molecular flexibility index (Phi) is 4.24. The van der Waals surface area contributed by atoms with Gasteiger partial charge in [-0.1, -0.05) is 29.8 Å². The smallest absolute Gasteiger partial charge is 0.0694 e. The third-order valence-corrected chi connectivity index (χ3v) is 4.82. The van der Waals surface area contributed by atoms with Gasteiger partial charge >= 0.3 is 0 Å². The summed E-state index contributed by atoms with van der Waals surface area (Å²) in [7, 11) is 1.96. The second-order valence-electron chi connectivity index (χ2n) is 3.38. The van der Waals surface area contributed by atoms with Crippen molar-refractivity contribution in [3.05, 3.63) is 54.7 Å². The summed E-state index contributed by atoms with van der Waals surface area (Å²) in [6, 6.07) is 10.5. The van der Waals surface area contributed by atoms with Crippen molar-refractivity contribution in [2.75, 3.05) is 7.05 Å². The van der Waals surface area contributed by atoms with Crippen molar-refractivity contribution in [2.24, 2.45) is 0 Å². The molecule has 0 aliphatic rings. The first kappa shape index (κ1) is 12.4. The molecule has 4 heteroatoms. The van der Waals surface area contributed by atoms with E-state index in [2.05, 4.69) is 46.1 Å². The molecule has 0 spiro atoms. The monoisotopic (exact) mass is 363 g/mol. The molecule has 0 amide bonds. The number of hydrogen-bond donors (Lipinski definition) is 1. The predicted molar refractivity (Wildman–Crippen MR) is 79.4 cm³/mol. The zero-order valence-electron chi connectivity index (χ0n) is 8.71. The Labute approximate surface area is 118 Å². The van der Waals surface area contributed by atoms with Crippen molar-refractivity contribution in [1.29, 1.82) is 0 Å². The molecule has 0 saturated heterocycles. The Morgan fingerprint density at radius 1 is 1.31 bits per heavy atom. The van der Waals surface area contributed by atoms with Crippen LogP contribution in [-0.2, 0) is 0 Å². The van der Waals surface area contributed by atoms with Crippen LogP contribution in [0.2, 0.25) is 5.02 Å². The molecular weight excluding hydrogens is 353 g/mol. The molecule has 84 valence electrons. The number of thiophene rings is 1. The van der Waals surface area contributed by atoms with E-state index in [4.69, 9.17) is 11.6 Å². The highest BCUT2D eigenvalue weighted by molar-refractivity contribution is 14.1. The minimum absolute atomic E-state index is 0.181. The lowest BCUT2D eigenvalue weighted by Crippen LogP contribution is -2.17. The average Bonchev–Trinajstić information content (AvgIpc) is 2.69. The summed E-state index contributed by atoms with van der Waals surface area (Å²) >= 11 is 10.2. The Balaban J connectivity index is 2.45. The van der Waals surface area contributed by atoms with Gasteiger partial charge in [-0.3, -0.25) is 0 Å². The van der Waals surface area contributed by atoms with Gasteiger partial charge in [0.2, 0.25) is 0 Å². The Morgan fingerprint density at radius 2 is 2.06 bits per heavy atom. The summed E-state index contributed by atoms with van der Waals surface area (Å²) < 4.78 is 1.25. The van der Waals surface area contributed by atoms with Gasteiger partial charge in [-0.15, -0.1) is 11.3 Å². The molecule has 1 unspecified atom stereocenters. The van der Waals surface area contributed by atoms with E-state index in [1.54, 1.807) is 11.3 Å². The Bertz CT molecular complexity index is 483. The quantitative estimate of drug-likeness (QED) is 0.801. The Hall–Kier alpha value is -0.100. The van der Waals surface area contributed by atoms with Crippen LogP contribution in [0.15, 0.2) is 35.7 Å². The van der Waals surface area contributed by atoms with Crippen molar-refractivity contribution in [3.8, 4) is 0 Å². The first-order valence-electron chi connectivity index (χ1n) is 4.88. The van der Waals surface area contributed by atoms with Crippen LogP contribution >= 0.6 is 45.5 Å². The molecule has 1 heterocycles. The molecule has 1 N–H and O–H groups in total. The van der Waals surface area contributed by atoms with E-state index in [1.807, 2.05) is 24.6 Å². The van der Waals surface area contributed by atoms with Crippen LogP contribution in [0.4, 0.5) is 0 Å². The maximum Gasteiger partial charge on any atom is 0.0694 e. The minimum Gasteiger partial charge on any atom is -0.309 e. The summed E-state index contributed by atoms with van der Waals surface area (Å²) in [4.78, 5) is 1.17. The number of halogens is 2. The highest BCUT2D eigenvalue weighted by atomic mass is 127. The maximum absolute atomic E-state index is 6.18. The van der Waals surface area contributed by atoms with Crippen LogP contribution < -0.4 is 5.32 Å². The SMILES string of the molecule is CNC(c1ccccc1I)c1sccc1Cl. The van der Waals surface area contributed by atoms with Gasteiger partial charge in [0.15, 0.2) is 0 Å². The topological polar surface area (TPSA) is 12.0 Å². The summed E-state index contributed by atoms with van der Waals surface area (Å²) in [5.74, 6) is 0. The lowest BCUT2D eigenvalue weighted by molar-refractivity contribution is 0.701. The molecule has 0 aliphatic carbocycles. The molecule has 0 aliphatic heterocycles. The van der Waals surface area contributed by atoms with Gasteiger partial charge in [-0.25, -0.2) is 0 Å². The molecular formula is C12H11ClINS. The molecule has 1 aromatic heterocycles. The lowest BCUT2D eigenvalue weighted by Gasteiger charge is -2.17. The van der Waals surface area contributed by atoms with E-state index >= 15 is 0 Å². The summed E-state index contributed by atoms with van der Waals surface area (Å²) in [6.45, 7) is 0. The zero-order valence-corrected chi connectivity index (χ0v) is 12.4. The maximum atomic E-state index is 6.18. The van der Waals surface area contributed by atoms with Gasteiger partial charge in [-0.2, -0.15) is 0 Å². The van der Waals surface area contributed by atoms with Crippen molar-refractivity contribution < 1.29 is 0 Å². The molecule has 1 atom stereocenters. The molecule has 16 heavy (non-hydrogen) atoms. The summed E-state index contributed by atoms with van der Waals surface area (Å²) in [5, 5.41) is 6.19. The van der Waals surface area contributed by atoms with Gasteiger partial charge in [-0.05, 0) is 52.7 Å². The molecule has 0 fully saturated rings.